The highest BCUT2D eigenvalue weighted by molar-refractivity contribution is 5.95. The van der Waals surface area contributed by atoms with Crippen molar-refractivity contribution < 1.29 is 27.7 Å². The molecule has 3 N–H and O–H groups in total. The number of aryl methyl sites for hydroxylation is 1. The van der Waals surface area contributed by atoms with Gasteiger partial charge in [0, 0.05) is 11.3 Å². The second kappa shape index (κ2) is 10.1. The van der Waals surface area contributed by atoms with E-state index in [9.17, 15) is 22.8 Å². The maximum atomic E-state index is 12.6. The number of likely N-dealkylation sites (N-methyl/N-ethyl adjacent to an activating group) is 1. The summed E-state index contributed by atoms with van der Waals surface area (Å²) in [6.45, 7) is 2.33. The summed E-state index contributed by atoms with van der Waals surface area (Å²) < 4.78 is 37.8. The molecule has 0 saturated carbocycles. The first kappa shape index (κ1) is 22.4. The molecule has 0 aromatic heterocycles. The Morgan fingerprint density at radius 2 is 1.66 bits per heavy atom. The number of alkyl halides is 3. The first-order chi connectivity index (χ1) is 13.7. The molecule has 2 amide bonds. The van der Waals surface area contributed by atoms with Crippen molar-refractivity contribution in [2.24, 2.45) is 0 Å². The van der Waals surface area contributed by atoms with E-state index in [1.165, 1.54) is 12.1 Å². The summed E-state index contributed by atoms with van der Waals surface area (Å²) in [4.78, 5) is 24.9. The van der Waals surface area contributed by atoms with Crippen molar-refractivity contribution in [3.63, 3.8) is 0 Å². The number of carbonyl (C=O) groups excluding carboxylic acids is 2. The number of halogens is 3. The Kier molecular flexibility index (Phi) is 7.78. The number of rotatable bonds is 8. The Morgan fingerprint density at radius 3 is 2.28 bits per heavy atom. The van der Waals surface area contributed by atoms with E-state index < -0.39 is 11.7 Å². The third-order valence-corrected chi connectivity index (χ3v) is 4.37. The van der Waals surface area contributed by atoms with Crippen LogP contribution >= 0.6 is 0 Å². The molecular weight excluding hydrogens is 383 g/mol. The van der Waals surface area contributed by atoms with E-state index in [1.807, 2.05) is 25.1 Å². The summed E-state index contributed by atoms with van der Waals surface area (Å²) in [5, 5.41) is 5.34. The van der Waals surface area contributed by atoms with Crippen LogP contribution in [0.1, 0.15) is 23.6 Å². The van der Waals surface area contributed by atoms with Gasteiger partial charge in [0.1, 0.15) is 6.54 Å². The second-order valence-electron chi connectivity index (χ2n) is 6.84. The highest BCUT2D eigenvalue weighted by atomic mass is 19.4. The molecule has 1 atom stereocenters. The molecular formula is C21H25F3N3O2+. The molecule has 0 radical (unpaired) electrons. The quantitative estimate of drug-likeness (QED) is 0.626. The van der Waals surface area contributed by atoms with Crippen LogP contribution in [0.5, 0.6) is 0 Å². The van der Waals surface area contributed by atoms with Gasteiger partial charge in [0.15, 0.2) is 6.54 Å². The molecule has 0 heterocycles. The molecule has 5 nitrogen and oxygen atoms in total. The minimum atomic E-state index is -4.37. The van der Waals surface area contributed by atoms with E-state index >= 15 is 0 Å². The molecule has 156 valence electrons. The van der Waals surface area contributed by atoms with Crippen LogP contribution < -0.4 is 15.5 Å². The smallest absolute Gasteiger partial charge is 0.342 e. The number of amides is 2. The van der Waals surface area contributed by atoms with Crippen molar-refractivity contribution in [1.82, 2.24) is 5.32 Å². The summed E-state index contributed by atoms with van der Waals surface area (Å²) in [5.41, 5.74) is 1.72. The molecule has 0 aliphatic carbocycles. The maximum Gasteiger partial charge on any atom is 0.416 e. The van der Waals surface area contributed by atoms with Crippen molar-refractivity contribution in [2.45, 2.75) is 26.1 Å². The van der Waals surface area contributed by atoms with Crippen LogP contribution in [0.25, 0.3) is 0 Å². The third kappa shape index (κ3) is 7.23. The minimum Gasteiger partial charge on any atom is -0.342 e. The van der Waals surface area contributed by atoms with Gasteiger partial charge in [-0.15, -0.1) is 0 Å². The number of quaternary nitrogens is 1. The Bertz CT molecular complexity index is 836. The van der Waals surface area contributed by atoms with E-state index in [2.05, 4.69) is 10.6 Å². The van der Waals surface area contributed by atoms with Crippen LogP contribution in [-0.4, -0.2) is 32.0 Å². The summed E-state index contributed by atoms with van der Waals surface area (Å²) in [6, 6.07) is 12.3. The van der Waals surface area contributed by atoms with Gasteiger partial charge in [-0.2, -0.15) is 13.2 Å². The highest BCUT2D eigenvalue weighted by Gasteiger charge is 2.30. The number of hydrogen-bond acceptors (Lipinski definition) is 2. The average Bonchev–Trinajstić information content (AvgIpc) is 2.66. The fraction of sp³-hybridized carbons (Fsp3) is 0.333. The molecule has 0 saturated heterocycles. The topological polar surface area (TPSA) is 62.6 Å². The first-order valence-corrected chi connectivity index (χ1v) is 9.31. The van der Waals surface area contributed by atoms with Gasteiger partial charge in [-0.3, -0.25) is 9.59 Å². The van der Waals surface area contributed by atoms with Gasteiger partial charge in [-0.1, -0.05) is 37.3 Å². The molecule has 0 aliphatic rings. The zero-order valence-electron chi connectivity index (χ0n) is 16.4. The first-order valence-electron chi connectivity index (χ1n) is 9.31. The SMILES string of the molecule is CCc1ccccc1NC(=O)CNC(=O)C[NH+](C)Cc1ccc(C(F)(F)F)cc1. The number of para-hydroxylation sites is 1. The van der Waals surface area contributed by atoms with E-state index in [4.69, 9.17) is 0 Å². The Hall–Kier alpha value is -2.87. The van der Waals surface area contributed by atoms with Crippen LogP contribution in [0.15, 0.2) is 48.5 Å². The van der Waals surface area contributed by atoms with Crippen LogP contribution in [-0.2, 0) is 28.7 Å². The zero-order valence-corrected chi connectivity index (χ0v) is 16.4. The molecule has 0 spiro atoms. The normalized spacial score (nSPS) is 12.3. The molecule has 0 aliphatic heterocycles. The lowest BCUT2D eigenvalue weighted by Gasteiger charge is -2.15. The van der Waals surface area contributed by atoms with Gasteiger partial charge < -0.3 is 15.5 Å². The molecule has 29 heavy (non-hydrogen) atoms. The number of carbonyl (C=O) groups is 2. The number of hydrogen-bond donors (Lipinski definition) is 3. The van der Waals surface area contributed by atoms with Crippen molar-refractivity contribution in [3.8, 4) is 0 Å². The number of nitrogens with one attached hydrogen (secondary N) is 3. The van der Waals surface area contributed by atoms with Gasteiger partial charge in [-0.05, 0) is 30.2 Å². The monoisotopic (exact) mass is 408 g/mol. The minimum absolute atomic E-state index is 0.0971. The summed E-state index contributed by atoms with van der Waals surface area (Å²) in [5.74, 6) is -0.631. The number of anilines is 1. The number of benzene rings is 2. The van der Waals surface area contributed by atoms with E-state index in [0.29, 0.717) is 12.1 Å². The van der Waals surface area contributed by atoms with Crippen molar-refractivity contribution in [2.75, 3.05) is 25.5 Å². The van der Waals surface area contributed by atoms with E-state index in [0.717, 1.165) is 34.7 Å². The Balaban J connectivity index is 1.77. The van der Waals surface area contributed by atoms with Crippen molar-refractivity contribution in [1.29, 1.82) is 0 Å². The predicted molar refractivity (Wildman–Crippen MR) is 104 cm³/mol. The fourth-order valence-corrected chi connectivity index (χ4v) is 2.88. The lowest BCUT2D eigenvalue weighted by Crippen LogP contribution is -3.08. The average molecular weight is 408 g/mol. The van der Waals surface area contributed by atoms with E-state index in [1.54, 1.807) is 13.1 Å². The molecule has 2 aromatic carbocycles. The van der Waals surface area contributed by atoms with Crippen LogP contribution in [0, 0.1) is 0 Å². The van der Waals surface area contributed by atoms with Gasteiger partial charge in [0.2, 0.25) is 5.91 Å². The summed E-state index contributed by atoms with van der Waals surface area (Å²) in [6.07, 6.45) is -3.59. The van der Waals surface area contributed by atoms with Gasteiger partial charge in [0.25, 0.3) is 5.91 Å². The largest absolute Gasteiger partial charge is 0.416 e. The molecule has 0 fully saturated rings. The summed E-state index contributed by atoms with van der Waals surface area (Å²) in [7, 11) is 1.76. The van der Waals surface area contributed by atoms with Gasteiger partial charge >= 0.3 is 6.18 Å². The third-order valence-electron chi connectivity index (χ3n) is 4.37. The Labute approximate surface area is 167 Å². The standard InChI is InChI=1S/C21H24F3N3O2/c1-3-16-6-4-5-7-18(16)26-19(28)12-25-20(29)14-27(2)13-15-8-10-17(11-9-15)21(22,23)24/h4-11H,3,12-14H2,1-2H3,(H,25,29)(H,26,28)/p+1. The Morgan fingerprint density at radius 1 is 1.00 bits per heavy atom. The molecule has 8 heteroatoms. The second-order valence-corrected chi connectivity index (χ2v) is 6.84. The van der Waals surface area contributed by atoms with Crippen LogP contribution in [0.4, 0.5) is 18.9 Å². The van der Waals surface area contributed by atoms with Crippen LogP contribution in [0.2, 0.25) is 0 Å². The molecule has 0 bridgehead atoms. The molecule has 1 unspecified atom stereocenters. The zero-order chi connectivity index (χ0) is 21.4. The molecule has 2 rings (SSSR count). The van der Waals surface area contributed by atoms with Crippen molar-refractivity contribution >= 4 is 17.5 Å². The van der Waals surface area contributed by atoms with Crippen LogP contribution in [0.3, 0.4) is 0 Å². The van der Waals surface area contributed by atoms with Gasteiger partial charge in [-0.25, -0.2) is 0 Å². The lowest BCUT2D eigenvalue weighted by molar-refractivity contribution is -0.885. The lowest BCUT2D eigenvalue weighted by atomic mass is 10.1. The summed E-state index contributed by atoms with van der Waals surface area (Å²) >= 11 is 0. The fourth-order valence-electron chi connectivity index (χ4n) is 2.88. The highest BCUT2D eigenvalue weighted by Crippen LogP contribution is 2.28. The van der Waals surface area contributed by atoms with Crippen molar-refractivity contribution in [3.05, 3.63) is 65.2 Å². The molecule has 2 aromatic rings. The predicted octanol–water partition coefficient (Wildman–Crippen LogP) is 2.04. The maximum absolute atomic E-state index is 12.6. The van der Waals surface area contributed by atoms with Gasteiger partial charge in [0.05, 0.1) is 19.2 Å². The van der Waals surface area contributed by atoms with E-state index in [-0.39, 0.29) is 24.9 Å².